The molecule has 0 aliphatic rings. The van der Waals surface area contributed by atoms with E-state index in [1.165, 1.54) is 11.3 Å². The van der Waals surface area contributed by atoms with Crippen molar-refractivity contribution in [3.8, 4) is 5.75 Å². The number of amides is 1. The van der Waals surface area contributed by atoms with Crippen LogP contribution in [0.1, 0.15) is 30.5 Å². The van der Waals surface area contributed by atoms with E-state index in [0.717, 1.165) is 35.8 Å². The maximum absolute atomic E-state index is 12.1. The van der Waals surface area contributed by atoms with E-state index in [1.807, 2.05) is 24.6 Å². The number of hydrogen-bond donors (Lipinski definition) is 0. The summed E-state index contributed by atoms with van der Waals surface area (Å²) in [5.74, 6) is 0.827. The number of unbranched alkanes of at least 4 members (excludes halogenated alkanes) is 1. The van der Waals surface area contributed by atoms with Gasteiger partial charge in [-0.3, -0.25) is 9.78 Å². The molecule has 0 radical (unpaired) electrons. The Balaban J connectivity index is 1.82. The summed E-state index contributed by atoms with van der Waals surface area (Å²) in [7, 11) is 1.84. The van der Waals surface area contributed by atoms with Gasteiger partial charge >= 0.3 is 0 Å². The van der Waals surface area contributed by atoms with Crippen molar-refractivity contribution in [2.24, 2.45) is 0 Å². The Morgan fingerprint density at radius 3 is 3.05 bits per heavy atom. The summed E-state index contributed by atoms with van der Waals surface area (Å²) in [5, 5.41) is 2.79. The van der Waals surface area contributed by atoms with E-state index < -0.39 is 0 Å². The predicted molar refractivity (Wildman–Crippen MR) is 86.9 cm³/mol. The van der Waals surface area contributed by atoms with Crippen LogP contribution in [0.25, 0.3) is 0 Å². The van der Waals surface area contributed by atoms with Gasteiger partial charge in [-0.2, -0.15) is 0 Å². The Hall–Kier alpha value is -1.95. The summed E-state index contributed by atoms with van der Waals surface area (Å²) in [6.45, 7) is 3.32. The van der Waals surface area contributed by atoms with Crippen LogP contribution in [0.2, 0.25) is 0 Å². The van der Waals surface area contributed by atoms with Gasteiger partial charge in [0.05, 0.1) is 18.3 Å². The molecule has 2 rings (SSSR count). The number of pyridine rings is 1. The second kappa shape index (κ2) is 8.48. The third-order valence-corrected chi connectivity index (χ3v) is 4.07. The second-order valence-electron chi connectivity index (χ2n) is 5.06. The Kier molecular flexibility index (Phi) is 6.33. The molecule has 0 unspecified atom stereocenters. The maximum Gasteiger partial charge on any atom is 0.228 e. The third kappa shape index (κ3) is 5.11. The fourth-order valence-electron chi connectivity index (χ4n) is 1.88. The second-order valence-corrected chi connectivity index (χ2v) is 6.00. The zero-order valence-corrected chi connectivity index (χ0v) is 13.8. The van der Waals surface area contributed by atoms with Gasteiger partial charge < -0.3 is 9.64 Å². The van der Waals surface area contributed by atoms with Gasteiger partial charge in [0.2, 0.25) is 5.91 Å². The van der Waals surface area contributed by atoms with Crippen molar-refractivity contribution in [1.29, 1.82) is 0 Å². The Morgan fingerprint density at radius 2 is 2.32 bits per heavy atom. The fraction of sp³-hybridized carbons (Fsp3) is 0.438. The van der Waals surface area contributed by atoms with Gasteiger partial charge in [-0.05, 0) is 18.6 Å². The number of thiazole rings is 1. The lowest BCUT2D eigenvalue weighted by molar-refractivity contribution is -0.129. The molecule has 0 aliphatic heterocycles. The molecular formula is C16H21N3O2S. The zero-order valence-electron chi connectivity index (χ0n) is 13.0. The fourth-order valence-corrected chi connectivity index (χ4v) is 2.59. The molecule has 0 saturated carbocycles. The molecule has 2 aromatic heterocycles. The van der Waals surface area contributed by atoms with Gasteiger partial charge in [-0.15, -0.1) is 11.3 Å². The molecule has 2 heterocycles. The normalized spacial score (nSPS) is 10.5. The molecule has 22 heavy (non-hydrogen) atoms. The number of hydrogen-bond acceptors (Lipinski definition) is 5. The SMILES string of the molecule is CCCCN(C)C(=O)Cc1csc(COc2cccnc2)n1. The summed E-state index contributed by atoms with van der Waals surface area (Å²) >= 11 is 1.51. The molecule has 0 N–H and O–H groups in total. The number of ether oxygens (including phenoxy) is 1. The minimum absolute atomic E-state index is 0.110. The van der Waals surface area contributed by atoms with E-state index >= 15 is 0 Å². The molecule has 0 spiro atoms. The summed E-state index contributed by atoms with van der Waals surface area (Å²) in [6.07, 6.45) is 5.84. The van der Waals surface area contributed by atoms with Crippen molar-refractivity contribution >= 4 is 17.2 Å². The summed E-state index contributed by atoms with van der Waals surface area (Å²) < 4.78 is 5.60. The number of likely N-dealkylation sites (N-methyl/N-ethyl adjacent to an activating group) is 1. The van der Waals surface area contributed by atoms with Crippen LogP contribution in [-0.4, -0.2) is 34.4 Å². The molecular weight excluding hydrogens is 298 g/mol. The number of carbonyl (C=O) groups is 1. The average molecular weight is 319 g/mol. The minimum Gasteiger partial charge on any atom is -0.485 e. The monoisotopic (exact) mass is 319 g/mol. The molecule has 0 bridgehead atoms. The molecule has 118 valence electrons. The molecule has 2 aromatic rings. The Labute approximate surface area is 135 Å². The maximum atomic E-state index is 12.1. The molecule has 0 atom stereocenters. The highest BCUT2D eigenvalue weighted by molar-refractivity contribution is 7.09. The first-order valence-electron chi connectivity index (χ1n) is 7.39. The van der Waals surface area contributed by atoms with Crippen molar-refractivity contribution in [2.45, 2.75) is 32.8 Å². The standard InChI is InChI=1S/C16H21N3O2S/c1-3-4-8-19(2)16(20)9-13-12-22-15(18-13)11-21-14-6-5-7-17-10-14/h5-7,10,12H,3-4,8-9,11H2,1-2H3. The van der Waals surface area contributed by atoms with Gasteiger partial charge in [0.15, 0.2) is 0 Å². The van der Waals surface area contributed by atoms with Gasteiger partial charge in [0.25, 0.3) is 0 Å². The van der Waals surface area contributed by atoms with Crippen LogP contribution in [0.4, 0.5) is 0 Å². The van der Waals surface area contributed by atoms with Crippen LogP contribution in [0.3, 0.4) is 0 Å². The largest absolute Gasteiger partial charge is 0.485 e. The Bertz CT molecular complexity index is 586. The van der Waals surface area contributed by atoms with E-state index in [1.54, 1.807) is 17.3 Å². The van der Waals surface area contributed by atoms with Gasteiger partial charge in [0.1, 0.15) is 17.4 Å². The number of rotatable bonds is 8. The average Bonchev–Trinajstić information content (AvgIpc) is 2.99. The summed E-state index contributed by atoms with van der Waals surface area (Å²) in [4.78, 5) is 22.3. The van der Waals surface area contributed by atoms with Crippen LogP contribution in [0.5, 0.6) is 5.75 Å². The van der Waals surface area contributed by atoms with E-state index in [9.17, 15) is 4.79 Å². The molecule has 1 amide bonds. The topological polar surface area (TPSA) is 55.3 Å². The van der Waals surface area contributed by atoms with Crippen LogP contribution >= 0.6 is 11.3 Å². The quantitative estimate of drug-likeness (QED) is 0.751. The highest BCUT2D eigenvalue weighted by atomic mass is 32.1. The predicted octanol–water partition coefficient (Wildman–Crippen LogP) is 2.92. The van der Waals surface area contributed by atoms with E-state index in [0.29, 0.717) is 13.0 Å². The molecule has 0 aliphatic carbocycles. The third-order valence-electron chi connectivity index (χ3n) is 3.20. The number of carbonyl (C=O) groups excluding carboxylic acids is 1. The van der Waals surface area contributed by atoms with Crippen LogP contribution in [0, 0.1) is 0 Å². The van der Waals surface area contributed by atoms with Crippen LogP contribution in [0.15, 0.2) is 29.9 Å². The molecule has 0 aromatic carbocycles. The lowest BCUT2D eigenvalue weighted by Gasteiger charge is -2.15. The highest BCUT2D eigenvalue weighted by Crippen LogP contribution is 2.15. The minimum atomic E-state index is 0.110. The lowest BCUT2D eigenvalue weighted by atomic mass is 10.2. The lowest BCUT2D eigenvalue weighted by Crippen LogP contribution is -2.29. The zero-order chi connectivity index (χ0) is 15.8. The van der Waals surface area contributed by atoms with E-state index in [2.05, 4.69) is 16.9 Å². The number of nitrogens with zero attached hydrogens (tertiary/aromatic N) is 3. The van der Waals surface area contributed by atoms with Crippen molar-refractivity contribution in [2.75, 3.05) is 13.6 Å². The first-order valence-corrected chi connectivity index (χ1v) is 8.27. The smallest absolute Gasteiger partial charge is 0.228 e. The summed E-state index contributed by atoms with van der Waals surface area (Å²) in [5.41, 5.74) is 0.808. The first-order chi connectivity index (χ1) is 10.7. The van der Waals surface area contributed by atoms with E-state index in [-0.39, 0.29) is 5.91 Å². The summed E-state index contributed by atoms with van der Waals surface area (Å²) in [6, 6.07) is 3.68. The molecule has 6 heteroatoms. The van der Waals surface area contributed by atoms with Crippen LogP contribution in [-0.2, 0) is 17.8 Å². The van der Waals surface area contributed by atoms with Gasteiger partial charge in [-0.25, -0.2) is 4.98 Å². The molecule has 0 fully saturated rings. The van der Waals surface area contributed by atoms with Crippen LogP contribution < -0.4 is 4.74 Å². The number of aromatic nitrogens is 2. The first kappa shape index (κ1) is 16.4. The van der Waals surface area contributed by atoms with Gasteiger partial charge in [0, 0.05) is 25.2 Å². The van der Waals surface area contributed by atoms with Crippen molar-refractivity contribution in [1.82, 2.24) is 14.9 Å². The molecule has 5 nitrogen and oxygen atoms in total. The highest BCUT2D eigenvalue weighted by Gasteiger charge is 2.12. The molecule has 0 saturated heterocycles. The van der Waals surface area contributed by atoms with Crippen molar-refractivity contribution < 1.29 is 9.53 Å². The van der Waals surface area contributed by atoms with E-state index in [4.69, 9.17) is 4.74 Å². The van der Waals surface area contributed by atoms with Crippen molar-refractivity contribution in [3.63, 3.8) is 0 Å². The van der Waals surface area contributed by atoms with Gasteiger partial charge in [-0.1, -0.05) is 13.3 Å². The Morgan fingerprint density at radius 1 is 1.45 bits per heavy atom. The van der Waals surface area contributed by atoms with Crippen molar-refractivity contribution in [3.05, 3.63) is 40.6 Å².